The summed E-state index contributed by atoms with van der Waals surface area (Å²) in [5, 5.41) is 0. The van der Waals surface area contributed by atoms with E-state index in [1.807, 2.05) is 0 Å². The lowest BCUT2D eigenvalue weighted by atomic mass is 10.2. The third-order valence-corrected chi connectivity index (χ3v) is 3.05. The van der Waals surface area contributed by atoms with Crippen molar-refractivity contribution in [2.75, 3.05) is 7.11 Å². The third-order valence-electron chi connectivity index (χ3n) is 1.72. The molecule has 0 saturated heterocycles. The highest BCUT2D eigenvalue weighted by atomic mass is 35.7. The molecule has 0 aromatic heterocycles. The lowest BCUT2D eigenvalue weighted by Crippen LogP contribution is -2.01. The monoisotopic (exact) mass is 238 g/mol. The normalized spacial score (nSPS) is 11.4. The number of hydrogen-bond acceptors (Lipinski definition) is 3. The quantitative estimate of drug-likeness (QED) is 0.741. The van der Waals surface area contributed by atoms with Gasteiger partial charge in [-0.1, -0.05) is 6.07 Å². The average Bonchev–Trinajstić information content (AvgIpc) is 2.07. The van der Waals surface area contributed by atoms with Gasteiger partial charge in [0.05, 0.1) is 7.11 Å². The number of ether oxygens (including phenoxy) is 1. The molecular formula is C8H8ClFO3S. The molecule has 3 nitrogen and oxygen atoms in total. The molecule has 0 bridgehead atoms. The van der Waals surface area contributed by atoms with Crippen LogP contribution in [-0.4, -0.2) is 15.5 Å². The summed E-state index contributed by atoms with van der Waals surface area (Å²) in [5.41, 5.74) is 0.199. The van der Waals surface area contributed by atoms with Crippen LogP contribution in [0.1, 0.15) is 5.56 Å². The standard InChI is InChI=1S/C8H8ClFO3S/c1-5-3-4-6(13-2)8(7(5)10)14(9,11)12/h3-4H,1-2H3. The Kier molecular flexibility index (Phi) is 3.01. The van der Waals surface area contributed by atoms with E-state index in [1.165, 1.54) is 26.2 Å². The molecule has 1 rings (SSSR count). The van der Waals surface area contributed by atoms with Crippen molar-refractivity contribution in [3.63, 3.8) is 0 Å². The molecule has 0 unspecified atom stereocenters. The van der Waals surface area contributed by atoms with Crippen molar-refractivity contribution in [1.29, 1.82) is 0 Å². The molecule has 0 aliphatic carbocycles. The van der Waals surface area contributed by atoms with Gasteiger partial charge >= 0.3 is 0 Å². The number of benzene rings is 1. The Labute approximate surface area is 85.9 Å². The van der Waals surface area contributed by atoms with Crippen molar-refractivity contribution < 1.29 is 17.5 Å². The van der Waals surface area contributed by atoms with Gasteiger partial charge in [0, 0.05) is 10.7 Å². The fourth-order valence-corrected chi connectivity index (χ4v) is 2.22. The van der Waals surface area contributed by atoms with Gasteiger partial charge in [-0.2, -0.15) is 0 Å². The van der Waals surface area contributed by atoms with E-state index in [0.717, 1.165) is 0 Å². The zero-order valence-corrected chi connectivity index (χ0v) is 9.12. The molecular weight excluding hydrogens is 231 g/mol. The minimum atomic E-state index is -4.13. The largest absolute Gasteiger partial charge is 0.495 e. The van der Waals surface area contributed by atoms with E-state index >= 15 is 0 Å². The molecule has 78 valence electrons. The summed E-state index contributed by atoms with van der Waals surface area (Å²) in [5.74, 6) is -0.970. The lowest BCUT2D eigenvalue weighted by Gasteiger charge is -2.07. The van der Waals surface area contributed by atoms with Gasteiger partial charge in [0.25, 0.3) is 9.05 Å². The molecule has 0 aliphatic heterocycles. The van der Waals surface area contributed by atoms with Crippen molar-refractivity contribution in [3.05, 3.63) is 23.5 Å². The summed E-state index contributed by atoms with van der Waals surface area (Å²) in [6, 6.07) is 2.77. The van der Waals surface area contributed by atoms with Gasteiger partial charge in [-0.3, -0.25) is 0 Å². The van der Waals surface area contributed by atoms with Crippen LogP contribution in [0.4, 0.5) is 4.39 Å². The summed E-state index contributed by atoms with van der Waals surface area (Å²) in [6.45, 7) is 1.44. The van der Waals surface area contributed by atoms with E-state index in [-0.39, 0.29) is 11.3 Å². The molecule has 6 heteroatoms. The van der Waals surface area contributed by atoms with Crippen molar-refractivity contribution in [1.82, 2.24) is 0 Å². The van der Waals surface area contributed by atoms with E-state index in [0.29, 0.717) is 0 Å². The minimum absolute atomic E-state index is 0.0944. The first-order valence-corrected chi connectivity index (χ1v) is 5.96. The summed E-state index contributed by atoms with van der Waals surface area (Å²) >= 11 is 0. The third kappa shape index (κ3) is 1.99. The summed E-state index contributed by atoms with van der Waals surface area (Å²) < 4.78 is 40.2. The fraction of sp³-hybridized carbons (Fsp3) is 0.250. The topological polar surface area (TPSA) is 43.4 Å². The van der Waals surface area contributed by atoms with Crippen LogP contribution in [0.5, 0.6) is 5.75 Å². The van der Waals surface area contributed by atoms with Crippen molar-refractivity contribution in [2.45, 2.75) is 11.8 Å². The van der Waals surface area contributed by atoms with Crippen molar-refractivity contribution in [3.8, 4) is 5.75 Å². The minimum Gasteiger partial charge on any atom is -0.495 e. The zero-order chi connectivity index (χ0) is 10.9. The van der Waals surface area contributed by atoms with Gasteiger partial charge in [-0.25, -0.2) is 12.8 Å². The van der Waals surface area contributed by atoms with E-state index in [2.05, 4.69) is 0 Å². The van der Waals surface area contributed by atoms with Crippen LogP contribution in [0.15, 0.2) is 17.0 Å². The number of aryl methyl sites for hydroxylation is 1. The Morgan fingerprint density at radius 1 is 1.43 bits per heavy atom. The second-order valence-electron chi connectivity index (χ2n) is 2.67. The maximum Gasteiger partial charge on any atom is 0.267 e. The Balaban J connectivity index is 3.60. The molecule has 0 heterocycles. The average molecular weight is 239 g/mol. The van der Waals surface area contributed by atoms with Crippen LogP contribution in [0, 0.1) is 12.7 Å². The Morgan fingerprint density at radius 3 is 2.43 bits per heavy atom. The highest BCUT2D eigenvalue weighted by Crippen LogP contribution is 2.30. The predicted octanol–water partition coefficient (Wildman–Crippen LogP) is 2.07. The van der Waals surface area contributed by atoms with Crippen LogP contribution < -0.4 is 4.74 Å². The predicted molar refractivity (Wildman–Crippen MR) is 50.7 cm³/mol. The van der Waals surface area contributed by atoms with Crippen LogP contribution in [0.3, 0.4) is 0 Å². The van der Waals surface area contributed by atoms with E-state index in [9.17, 15) is 12.8 Å². The van der Waals surface area contributed by atoms with Gasteiger partial charge in [0.1, 0.15) is 11.6 Å². The Bertz CT molecular complexity index is 456. The summed E-state index contributed by atoms with van der Waals surface area (Å²) in [4.78, 5) is -0.610. The van der Waals surface area contributed by atoms with E-state index < -0.39 is 19.8 Å². The molecule has 14 heavy (non-hydrogen) atoms. The second kappa shape index (κ2) is 3.74. The molecule has 0 saturated carbocycles. The lowest BCUT2D eigenvalue weighted by molar-refractivity contribution is 0.394. The van der Waals surface area contributed by atoms with Gasteiger partial charge < -0.3 is 4.74 Å². The van der Waals surface area contributed by atoms with E-state index in [4.69, 9.17) is 15.4 Å². The SMILES string of the molecule is COc1ccc(C)c(F)c1S(=O)(=O)Cl. The maximum atomic E-state index is 13.4. The van der Waals surface area contributed by atoms with Crippen LogP contribution >= 0.6 is 10.7 Å². The van der Waals surface area contributed by atoms with Crippen LogP contribution in [-0.2, 0) is 9.05 Å². The second-order valence-corrected chi connectivity index (χ2v) is 5.17. The van der Waals surface area contributed by atoms with Gasteiger partial charge in [-0.05, 0) is 18.6 Å². The zero-order valence-electron chi connectivity index (χ0n) is 7.54. The maximum absolute atomic E-state index is 13.4. The first kappa shape index (κ1) is 11.3. The molecule has 0 atom stereocenters. The molecule has 0 radical (unpaired) electrons. The Morgan fingerprint density at radius 2 is 2.00 bits per heavy atom. The van der Waals surface area contributed by atoms with Gasteiger partial charge in [0.15, 0.2) is 4.90 Å². The molecule has 1 aromatic rings. The number of halogens is 2. The smallest absolute Gasteiger partial charge is 0.267 e. The first-order valence-electron chi connectivity index (χ1n) is 3.65. The van der Waals surface area contributed by atoms with Gasteiger partial charge in [0.2, 0.25) is 0 Å². The molecule has 0 amide bonds. The fourth-order valence-electron chi connectivity index (χ4n) is 1.02. The van der Waals surface area contributed by atoms with Crippen molar-refractivity contribution in [2.24, 2.45) is 0 Å². The van der Waals surface area contributed by atoms with E-state index in [1.54, 1.807) is 0 Å². The summed E-state index contributed by atoms with van der Waals surface area (Å²) in [7, 11) is 2.19. The number of methoxy groups -OCH3 is 1. The number of hydrogen-bond donors (Lipinski definition) is 0. The van der Waals surface area contributed by atoms with Gasteiger partial charge in [-0.15, -0.1) is 0 Å². The molecule has 0 spiro atoms. The van der Waals surface area contributed by atoms with Crippen LogP contribution in [0.2, 0.25) is 0 Å². The first-order chi connectivity index (χ1) is 6.38. The highest BCUT2D eigenvalue weighted by Gasteiger charge is 2.23. The molecule has 0 aliphatic rings. The molecule has 0 N–H and O–H groups in total. The van der Waals surface area contributed by atoms with Crippen LogP contribution in [0.25, 0.3) is 0 Å². The Hall–Kier alpha value is -0.810. The summed E-state index contributed by atoms with van der Waals surface area (Å²) in [6.07, 6.45) is 0. The molecule has 0 fully saturated rings. The number of rotatable bonds is 2. The highest BCUT2D eigenvalue weighted by molar-refractivity contribution is 8.13. The van der Waals surface area contributed by atoms with Crippen molar-refractivity contribution >= 4 is 19.7 Å². The molecule has 1 aromatic carbocycles.